The Bertz CT molecular complexity index is 940. The molecule has 0 N–H and O–H groups in total. The maximum atomic E-state index is 12.3. The highest BCUT2D eigenvalue weighted by Gasteiger charge is 2.17. The Morgan fingerprint density at radius 3 is 2.10 bits per heavy atom. The van der Waals surface area contributed by atoms with Gasteiger partial charge in [0, 0.05) is 14.1 Å². The van der Waals surface area contributed by atoms with Crippen LogP contribution in [0.4, 0.5) is 0 Å². The second-order valence-corrected chi connectivity index (χ2v) is 8.42. The van der Waals surface area contributed by atoms with E-state index in [4.69, 9.17) is 18.9 Å². The number of benzene rings is 2. The van der Waals surface area contributed by atoms with E-state index in [1.165, 1.54) is 26.2 Å². The predicted octanol–water partition coefficient (Wildman–Crippen LogP) is 2.97. The van der Waals surface area contributed by atoms with Crippen molar-refractivity contribution in [1.82, 2.24) is 4.31 Å². The molecular weight excluding hydrogens is 410 g/mol. The van der Waals surface area contributed by atoms with E-state index in [1.54, 1.807) is 30.3 Å². The Morgan fingerprint density at radius 2 is 1.50 bits per heavy atom. The van der Waals surface area contributed by atoms with E-state index >= 15 is 0 Å². The highest BCUT2D eigenvalue weighted by atomic mass is 32.2. The smallest absolute Gasteiger partial charge is 0.338 e. The second-order valence-electron chi connectivity index (χ2n) is 6.27. The van der Waals surface area contributed by atoms with Crippen LogP contribution in [-0.4, -0.2) is 59.2 Å². The minimum atomic E-state index is -3.49. The van der Waals surface area contributed by atoms with E-state index in [9.17, 15) is 13.2 Å². The van der Waals surface area contributed by atoms with Crippen LogP contribution in [0, 0.1) is 0 Å². The van der Waals surface area contributed by atoms with Crippen molar-refractivity contribution in [2.75, 3.05) is 40.5 Å². The molecule has 9 heteroatoms. The van der Waals surface area contributed by atoms with E-state index in [1.807, 2.05) is 13.8 Å². The molecule has 0 spiro atoms. The highest BCUT2D eigenvalue weighted by molar-refractivity contribution is 7.89. The van der Waals surface area contributed by atoms with Gasteiger partial charge in [-0.25, -0.2) is 17.5 Å². The van der Waals surface area contributed by atoms with Crippen molar-refractivity contribution in [3.63, 3.8) is 0 Å². The standard InChI is InChI=1S/C21H27NO7S/c1-5-26-19-12-7-16(15-20(19)27-6-2)21(23)29-14-13-28-17-8-10-18(11-9-17)30(24,25)22(3)4/h7-12,15H,5-6,13-14H2,1-4H3. The number of carbonyl (C=O) groups excluding carboxylic acids is 1. The van der Waals surface area contributed by atoms with Gasteiger partial charge in [0.1, 0.15) is 19.0 Å². The van der Waals surface area contributed by atoms with Crippen LogP contribution in [0.2, 0.25) is 0 Å². The van der Waals surface area contributed by atoms with Gasteiger partial charge in [-0.05, 0) is 56.3 Å². The second kappa shape index (κ2) is 10.8. The summed E-state index contributed by atoms with van der Waals surface area (Å²) in [6, 6.07) is 10.9. The van der Waals surface area contributed by atoms with Gasteiger partial charge >= 0.3 is 5.97 Å². The summed E-state index contributed by atoms with van der Waals surface area (Å²) in [6.07, 6.45) is 0. The Morgan fingerprint density at radius 1 is 0.867 bits per heavy atom. The molecule has 164 valence electrons. The van der Waals surface area contributed by atoms with Crippen molar-refractivity contribution < 1.29 is 32.2 Å². The first-order valence-corrected chi connectivity index (χ1v) is 11.0. The monoisotopic (exact) mass is 437 g/mol. The van der Waals surface area contributed by atoms with Crippen molar-refractivity contribution in [3.05, 3.63) is 48.0 Å². The van der Waals surface area contributed by atoms with Crippen molar-refractivity contribution >= 4 is 16.0 Å². The van der Waals surface area contributed by atoms with E-state index in [-0.39, 0.29) is 18.1 Å². The SMILES string of the molecule is CCOc1ccc(C(=O)OCCOc2ccc(S(=O)(=O)N(C)C)cc2)cc1OCC. The molecule has 0 aromatic heterocycles. The summed E-state index contributed by atoms with van der Waals surface area (Å²) in [5.74, 6) is 1.02. The number of hydrogen-bond donors (Lipinski definition) is 0. The Kier molecular flexibility index (Phi) is 8.49. The summed E-state index contributed by atoms with van der Waals surface area (Å²) < 4.78 is 47.0. The third-order valence-corrected chi connectivity index (χ3v) is 5.80. The molecular formula is C21H27NO7S. The molecule has 2 aromatic rings. The normalized spacial score (nSPS) is 11.2. The minimum absolute atomic E-state index is 0.0355. The summed E-state index contributed by atoms with van der Waals surface area (Å²) in [5.41, 5.74) is 0.347. The molecule has 8 nitrogen and oxygen atoms in total. The van der Waals surface area contributed by atoms with Gasteiger partial charge in [-0.3, -0.25) is 0 Å². The zero-order chi connectivity index (χ0) is 22.1. The Hall–Kier alpha value is -2.78. The molecule has 0 atom stereocenters. The van der Waals surface area contributed by atoms with Gasteiger partial charge in [0.15, 0.2) is 11.5 Å². The fourth-order valence-corrected chi connectivity index (χ4v) is 3.38. The largest absolute Gasteiger partial charge is 0.490 e. The van der Waals surface area contributed by atoms with Crippen LogP contribution < -0.4 is 14.2 Å². The quantitative estimate of drug-likeness (QED) is 0.394. The summed E-state index contributed by atoms with van der Waals surface area (Å²) >= 11 is 0. The van der Waals surface area contributed by atoms with Gasteiger partial charge in [-0.1, -0.05) is 0 Å². The van der Waals surface area contributed by atoms with Crippen LogP contribution in [0.3, 0.4) is 0 Å². The molecule has 2 aromatic carbocycles. The summed E-state index contributed by atoms with van der Waals surface area (Å²) in [4.78, 5) is 12.4. The topological polar surface area (TPSA) is 91.4 Å². The number of ether oxygens (including phenoxy) is 4. The van der Waals surface area contributed by atoms with Gasteiger partial charge < -0.3 is 18.9 Å². The van der Waals surface area contributed by atoms with Crippen LogP contribution in [0.5, 0.6) is 17.2 Å². The lowest BCUT2D eigenvalue weighted by molar-refractivity contribution is 0.0450. The third-order valence-electron chi connectivity index (χ3n) is 3.97. The first-order chi connectivity index (χ1) is 14.3. The number of carbonyl (C=O) groups is 1. The highest BCUT2D eigenvalue weighted by Crippen LogP contribution is 2.28. The maximum absolute atomic E-state index is 12.3. The Balaban J connectivity index is 1.88. The van der Waals surface area contributed by atoms with E-state index < -0.39 is 16.0 Å². The molecule has 0 saturated heterocycles. The lowest BCUT2D eigenvalue weighted by atomic mass is 10.2. The molecule has 0 aliphatic carbocycles. The summed E-state index contributed by atoms with van der Waals surface area (Å²) in [6.45, 7) is 4.81. The molecule has 0 radical (unpaired) electrons. The van der Waals surface area contributed by atoms with Crippen LogP contribution in [0.1, 0.15) is 24.2 Å². The number of sulfonamides is 1. The zero-order valence-electron chi connectivity index (χ0n) is 17.6. The minimum Gasteiger partial charge on any atom is -0.490 e. The van der Waals surface area contributed by atoms with Gasteiger partial charge in [0.05, 0.1) is 23.7 Å². The lowest BCUT2D eigenvalue weighted by Crippen LogP contribution is -2.22. The molecule has 0 heterocycles. The first-order valence-electron chi connectivity index (χ1n) is 9.51. The average Bonchev–Trinajstić information content (AvgIpc) is 2.73. The number of hydrogen-bond acceptors (Lipinski definition) is 7. The van der Waals surface area contributed by atoms with E-state index in [0.29, 0.717) is 36.0 Å². The number of esters is 1. The van der Waals surface area contributed by atoms with Crippen LogP contribution in [0.25, 0.3) is 0 Å². The summed E-state index contributed by atoms with van der Waals surface area (Å²) in [7, 11) is -0.550. The number of rotatable bonds is 11. The lowest BCUT2D eigenvalue weighted by Gasteiger charge is -2.13. The van der Waals surface area contributed by atoms with E-state index in [2.05, 4.69) is 0 Å². The van der Waals surface area contributed by atoms with Gasteiger partial charge in [-0.2, -0.15) is 0 Å². The first kappa shape index (κ1) is 23.5. The molecule has 0 aliphatic heterocycles. The van der Waals surface area contributed by atoms with Gasteiger partial charge in [0.25, 0.3) is 0 Å². The molecule has 0 saturated carbocycles. The van der Waals surface area contributed by atoms with Gasteiger partial charge in [0.2, 0.25) is 10.0 Å². The van der Waals surface area contributed by atoms with Crippen molar-refractivity contribution in [1.29, 1.82) is 0 Å². The van der Waals surface area contributed by atoms with Crippen LogP contribution in [0.15, 0.2) is 47.4 Å². The fourth-order valence-electron chi connectivity index (χ4n) is 2.47. The molecule has 0 bridgehead atoms. The molecule has 0 unspecified atom stereocenters. The summed E-state index contributed by atoms with van der Waals surface area (Å²) in [5, 5.41) is 0. The van der Waals surface area contributed by atoms with Crippen molar-refractivity contribution in [3.8, 4) is 17.2 Å². The maximum Gasteiger partial charge on any atom is 0.338 e. The predicted molar refractivity (Wildman–Crippen MR) is 112 cm³/mol. The van der Waals surface area contributed by atoms with Crippen molar-refractivity contribution in [2.24, 2.45) is 0 Å². The zero-order valence-corrected chi connectivity index (χ0v) is 18.4. The molecule has 0 aliphatic rings. The third kappa shape index (κ3) is 6.11. The molecule has 0 fully saturated rings. The Labute approximate surface area is 177 Å². The molecule has 30 heavy (non-hydrogen) atoms. The van der Waals surface area contributed by atoms with E-state index in [0.717, 1.165) is 4.31 Å². The van der Waals surface area contributed by atoms with Crippen LogP contribution >= 0.6 is 0 Å². The molecule has 0 amide bonds. The van der Waals surface area contributed by atoms with Crippen LogP contribution in [-0.2, 0) is 14.8 Å². The number of nitrogens with zero attached hydrogens (tertiary/aromatic N) is 1. The van der Waals surface area contributed by atoms with Crippen molar-refractivity contribution in [2.45, 2.75) is 18.7 Å². The van der Waals surface area contributed by atoms with Gasteiger partial charge in [-0.15, -0.1) is 0 Å². The fraction of sp³-hybridized carbons (Fsp3) is 0.381. The average molecular weight is 438 g/mol. The molecule has 2 rings (SSSR count).